The van der Waals surface area contributed by atoms with Gasteiger partial charge < -0.3 is 19.8 Å². The standard InChI is InChI=1S/C20H22N2O3/c1-4-24-17-10-6-8-15-12-18(25-19(15)17)14(3)21-20(23)22-16-9-5-7-13(2)11-16/h5-12,14H,4H2,1-3H3,(H2,21,22,23)/t14-/m1/s1. The van der Waals surface area contributed by atoms with E-state index < -0.39 is 0 Å². The molecule has 0 saturated carbocycles. The van der Waals surface area contributed by atoms with Gasteiger partial charge in [0.1, 0.15) is 5.76 Å². The van der Waals surface area contributed by atoms with E-state index in [2.05, 4.69) is 10.6 Å². The summed E-state index contributed by atoms with van der Waals surface area (Å²) in [5.74, 6) is 1.39. The lowest BCUT2D eigenvalue weighted by Gasteiger charge is -2.13. The SMILES string of the molecule is CCOc1cccc2cc([C@@H](C)NC(=O)Nc3cccc(C)c3)oc12. The third-order valence-corrected chi connectivity index (χ3v) is 3.88. The van der Waals surface area contributed by atoms with Crippen LogP contribution in [0.15, 0.2) is 52.9 Å². The highest BCUT2D eigenvalue weighted by Gasteiger charge is 2.16. The number of anilines is 1. The van der Waals surface area contributed by atoms with Crippen LogP contribution in [0.25, 0.3) is 11.0 Å². The highest BCUT2D eigenvalue weighted by atomic mass is 16.5. The Kier molecular flexibility index (Phi) is 4.93. The predicted octanol–water partition coefficient (Wildman–Crippen LogP) is 5.02. The Labute approximate surface area is 147 Å². The molecule has 5 heteroatoms. The van der Waals surface area contributed by atoms with Crippen molar-refractivity contribution < 1.29 is 13.9 Å². The maximum absolute atomic E-state index is 12.2. The first-order valence-corrected chi connectivity index (χ1v) is 8.36. The largest absolute Gasteiger partial charge is 0.490 e. The summed E-state index contributed by atoms with van der Waals surface area (Å²) in [7, 11) is 0. The zero-order valence-corrected chi connectivity index (χ0v) is 14.6. The Morgan fingerprint density at radius 1 is 1.20 bits per heavy atom. The van der Waals surface area contributed by atoms with Crippen molar-refractivity contribution in [2.45, 2.75) is 26.8 Å². The van der Waals surface area contributed by atoms with Crippen LogP contribution in [-0.2, 0) is 0 Å². The fraction of sp³-hybridized carbons (Fsp3) is 0.250. The highest BCUT2D eigenvalue weighted by molar-refractivity contribution is 5.90. The number of aryl methyl sites for hydroxylation is 1. The van der Waals surface area contributed by atoms with Crippen molar-refractivity contribution in [3.05, 3.63) is 59.9 Å². The summed E-state index contributed by atoms with van der Waals surface area (Å²) in [5, 5.41) is 6.68. The Morgan fingerprint density at radius 3 is 2.76 bits per heavy atom. The second kappa shape index (κ2) is 7.30. The second-order valence-electron chi connectivity index (χ2n) is 5.95. The number of para-hydroxylation sites is 1. The number of rotatable bonds is 5. The van der Waals surface area contributed by atoms with E-state index >= 15 is 0 Å². The summed E-state index contributed by atoms with van der Waals surface area (Å²) < 4.78 is 11.5. The Balaban J connectivity index is 1.72. The number of nitrogens with one attached hydrogen (secondary N) is 2. The monoisotopic (exact) mass is 338 g/mol. The number of amides is 2. The lowest BCUT2D eigenvalue weighted by molar-refractivity contribution is 0.248. The lowest BCUT2D eigenvalue weighted by atomic mass is 10.2. The summed E-state index contributed by atoms with van der Waals surface area (Å²) in [5.41, 5.74) is 2.55. The van der Waals surface area contributed by atoms with E-state index in [9.17, 15) is 4.79 Å². The maximum atomic E-state index is 12.2. The molecule has 0 aliphatic heterocycles. The topological polar surface area (TPSA) is 63.5 Å². The summed E-state index contributed by atoms with van der Waals surface area (Å²) in [4.78, 5) is 12.2. The van der Waals surface area contributed by atoms with Gasteiger partial charge in [-0.05, 0) is 50.6 Å². The van der Waals surface area contributed by atoms with Crippen LogP contribution < -0.4 is 15.4 Å². The summed E-state index contributed by atoms with van der Waals surface area (Å²) in [6, 6.07) is 14.8. The fourth-order valence-electron chi connectivity index (χ4n) is 2.70. The number of hydrogen-bond donors (Lipinski definition) is 2. The molecule has 2 N–H and O–H groups in total. The van der Waals surface area contributed by atoms with Gasteiger partial charge in [-0.1, -0.05) is 24.3 Å². The van der Waals surface area contributed by atoms with E-state index in [4.69, 9.17) is 9.15 Å². The summed E-state index contributed by atoms with van der Waals surface area (Å²) >= 11 is 0. The van der Waals surface area contributed by atoms with Gasteiger partial charge in [0.2, 0.25) is 0 Å². The van der Waals surface area contributed by atoms with Crippen LogP contribution in [0.4, 0.5) is 10.5 Å². The molecule has 2 aromatic carbocycles. The van der Waals surface area contributed by atoms with Crippen LogP contribution in [0.1, 0.15) is 31.2 Å². The van der Waals surface area contributed by atoms with Crippen LogP contribution in [0.5, 0.6) is 5.75 Å². The molecule has 2 amide bonds. The molecule has 1 atom stereocenters. The number of fused-ring (bicyclic) bond motifs is 1. The van der Waals surface area contributed by atoms with Gasteiger partial charge in [0.05, 0.1) is 12.6 Å². The molecule has 0 bridgehead atoms. The minimum Gasteiger partial charge on any atom is -0.490 e. The fourth-order valence-corrected chi connectivity index (χ4v) is 2.70. The molecule has 0 aliphatic rings. The first kappa shape index (κ1) is 16.9. The number of ether oxygens (including phenoxy) is 1. The number of hydrogen-bond acceptors (Lipinski definition) is 3. The van der Waals surface area contributed by atoms with Gasteiger partial charge in [-0.3, -0.25) is 0 Å². The average molecular weight is 338 g/mol. The molecule has 0 radical (unpaired) electrons. The molecule has 0 spiro atoms. The number of benzene rings is 2. The van der Waals surface area contributed by atoms with E-state index in [1.54, 1.807) is 0 Å². The van der Waals surface area contributed by atoms with E-state index in [0.29, 0.717) is 23.7 Å². The van der Waals surface area contributed by atoms with Gasteiger partial charge in [0.15, 0.2) is 11.3 Å². The van der Waals surface area contributed by atoms with Gasteiger partial charge >= 0.3 is 6.03 Å². The Bertz CT molecular complexity index is 886. The van der Waals surface area contributed by atoms with E-state index in [-0.39, 0.29) is 12.1 Å². The summed E-state index contributed by atoms with van der Waals surface area (Å²) in [6.45, 7) is 6.37. The van der Waals surface area contributed by atoms with Gasteiger partial charge in [-0.15, -0.1) is 0 Å². The number of carbonyl (C=O) groups is 1. The van der Waals surface area contributed by atoms with Crippen molar-refractivity contribution >= 4 is 22.7 Å². The van der Waals surface area contributed by atoms with Crippen molar-refractivity contribution in [2.24, 2.45) is 0 Å². The third kappa shape index (κ3) is 3.94. The van der Waals surface area contributed by atoms with Crippen molar-refractivity contribution in [2.75, 3.05) is 11.9 Å². The van der Waals surface area contributed by atoms with E-state index in [1.807, 2.05) is 69.3 Å². The lowest BCUT2D eigenvalue weighted by Crippen LogP contribution is -2.30. The Morgan fingerprint density at radius 2 is 2.00 bits per heavy atom. The van der Waals surface area contributed by atoms with Crippen LogP contribution in [0.3, 0.4) is 0 Å². The van der Waals surface area contributed by atoms with Crippen molar-refractivity contribution in [1.29, 1.82) is 0 Å². The molecule has 0 aliphatic carbocycles. The van der Waals surface area contributed by atoms with Crippen molar-refractivity contribution in [3.8, 4) is 5.75 Å². The molecule has 1 heterocycles. The van der Waals surface area contributed by atoms with Gasteiger partial charge in [-0.2, -0.15) is 0 Å². The molecular weight excluding hydrogens is 316 g/mol. The van der Waals surface area contributed by atoms with Gasteiger partial charge in [0, 0.05) is 11.1 Å². The van der Waals surface area contributed by atoms with Crippen molar-refractivity contribution in [3.63, 3.8) is 0 Å². The first-order valence-electron chi connectivity index (χ1n) is 8.36. The normalized spacial score (nSPS) is 12.0. The van der Waals surface area contributed by atoms with Crippen LogP contribution in [0, 0.1) is 6.92 Å². The molecule has 0 saturated heterocycles. The van der Waals surface area contributed by atoms with Crippen LogP contribution in [0.2, 0.25) is 0 Å². The molecule has 130 valence electrons. The minimum atomic E-state index is -0.274. The molecule has 5 nitrogen and oxygen atoms in total. The number of carbonyl (C=O) groups excluding carboxylic acids is 1. The highest BCUT2D eigenvalue weighted by Crippen LogP contribution is 2.31. The first-order chi connectivity index (χ1) is 12.1. The second-order valence-corrected chi connectivity index (χ2v) is 5.95. The molecule has 1 aromatic heterocycles. The zero-order valence-electron chi connectivity index (χ0n) is 14.6. The number of furan rings is 1. The van der Waals surface area contributed by atoms with Crippen LogP contribution in [-0.4, -0.2) is 12.6 Å². The van der Waals surface area contributed by atoms with Gasteiger partial charge in [0.25, 0.3) is 0 Å². The molecule has 3 rings (SSSR count). The summed E-state index contributed by atoms with van der Waals surface area (Å²) in [6.07, 6.45) is 0. The quantitative estimate of drug-likeness (QED) is 0.686. The minimum absolute atomic E-state index is 0.272. The molecule has 0 fully saturated rings. The molecular formula is C20H22N2O3. The third-order valence-electron chi connectivity index (χ3n) is 3.88. The number of urea groups is 1. The van der Waals surface area contributed by atoms with Crippen molar-refractivity contribution in [1.82, 2.24) is 5.32 Å². The average Bonchev–Trinajstić information content (AvgIpc) is 3.00. The molecule has 3 aromatic rings. The zero-order chi connectivity index (χ0) is 17.8. The molecule has 0 unspecified atom stereocenters. The van der Waals surface area contributed by atoms with Crippen LogP contribution >= 0.6 is 0 Å². The predicted molar refractivity (Wildman–Crippen MR) is 99.1 cm³/mol. The van der Waals surface area contributed by atoms with Gasteiger partial charge in [-0.25, -0.2) is 4.79 Å². The maximum Gasteiger partial charge on any atom is 0.319 e. The molecule has 25 heavy (non-hydrogen) atoms. The van der Waals surface area contributed by atoms with E-state index in [1.165, 1.54) is 0 Å². The Hall–Kier alpha value is -2.95. The smallest absolute Gasteiger partial charge is 0.319 e. The van der Waals surface area contributed by atoms with E-state index in [0.717, 1.165) is 16.6 Å².